The summed E-state index contributed by atoms with van der Waals surface area (Å²) in [5.41, 5.74) is 1.44. The van der Waals surface area contributed by atoms with Gasteiger partial charge in [-0.3, -0.25) is 15.0 Å². The topological polar surface area (TPSA) is 107 Å². The molecule has 0 bridgehead atoms. The predicted octanol–water partition coefficient (Wildman–Crippen LogP) is 2.04. The summed E-state index contributed by atoms with van der Waals surface area (Å²) in [6.45, 7) is 4.86. The minimum Gasteiger partial charge on any atom is -0.497 e. The first-order valence-electron chi connectivity index (χ1n) is 12.3. The van der Waals surface area contributed by atoms with Gasteiger partial charge in [-0.25, -0.2) is 4.99 Å². The van der Waals surface area contributed by atoms with E-state index in [9.17, 15) is 9.59 Å². The van der Waals surface area contributed by atoms with Gasteiger partial charge in [0, 0.05) is 42.7 Å². The summed E-state index contributed by atoms with van der Waals surface area (Å²) in [6, 6.07) is 12.8. The molecule has 3 aliphatic heterocycles. The summed E-state index contributed by atoms with van der Waals surface area (Å²) >= 11 is 0. The number of amides is 2. The SMILES string of the molecule is CCC1=NC(C#Cc2cccc(C(=N)N3CCOCC3)c2)(CN2Cc3ccc(OC)cc3C2=O)C(=O)N1. The lowest BCUT2D eigenvalue weighted by Crippen LogP contribution is -2.48. The number of nitrogens with zero attached hydrogens (tertiary/aromatic N) is 3. The van der Waals surface area contributed by atoms with Gasteiger partial charge in [-0.2, -0.15) is 0 Å². The summed E-state index contributed by atoms with van der Waals surface area (Å²) in [5, 5.41) is 11.4. The van der Waals surface area contributed by atoms with Crippen molar-refractivity contribution in [1.29, 1.82) is 5.41 Å². The minimum absolute atomic E-state index is 0.0362. The second kappa shape index (κ2) is 10.1. The van der Waals surface area contributed by atoms with Crippen molar-refractivity contribution in [3.8, 4) is 17.6 Å². The average molecular weight is 500 g/mol. The molecular weight excluding hydrogens is 470 g/mol. The molecule has 0 radical (unpaired) electrons. The van der Waals surface area contributed by atoms with Crippen LogP contribution in [0.2, 0.25) is 0 Å². The van der Waals surface area contributed by atoms with Gasteiger partial charge in [0.25, 0.3) is 11.8 Å². The van der Waals surface area contributed by atoms with Gasteiger partial charge < -0.3 is 24.6 Å². The van der Waals surface area contributed by atoms with Crippen molar-refractivity contribution in [3.05, 3.63) is 64.7 Å². The van der Waals surface area contributed by atoms with Gasteiger partial charge >= 0.3 is 0 Å². The highest BCUT2D eigenvalue weighted by molar-refractivity contribution is 6.10. The Labute approximate surface area is 216 Å². The number of benzene rings is 2. The smallest absolute Gasteiger partial charge is 0.267 e. The Morgan fingerprint density at radius 3 is 2.76 bits per heavy atom. The minimum atomic E-state index is -1.42. The standard InChI is InChI=1S/C28H29N5O4/c1-3-24-30-27(35)28(31-24,18-33-17-21-7-8-22(36-2)16-23(21)26(33)34)10-9-19-5-4-6-20(15-19)25(29)32-11-13-37-14-12-32/h4-8,15-16,29H,3,11-14,17-18H2,1-2H3,(H,30,31,35). The van der Waals surface area contributed by atoms with Crippen LogP contribution in [0.25, 0.3) is 0 Å². The highest BCUT2D eigenvalue weighted by atomic mass is 16.5. The number of fused-ring (bicyclic) bond motifs is 1. The van der Waals surface area contributed by atoms with Crippen LogP contribution >= 0.6 is 0 Å². The average Bonchev–Trinajstić information content (AvgIpc) is 3.42. The highest BCUT2D eigenvalue weighted by Gasteiger charge is 2.46. The Hall–Kier alpha value is -4.16. The number of aliphatic imine (C=N–C) groups is 1. The fourth-order valence-corrected chi connectivity index (χ4v) is 4.70. The first-order chi connectivity index (χ1) is 17.9. The van der Waals surface area contributed by atoms with Gasteiger partial charge in [-0.1, -0.05) is 37.0 Å². The summed E-state index contributed by atoms with van der Waals surface area (Å²) in [5.74, 6) is 7.27. The number of methoxy groups -OCH3 is 1. The molecule has 0 spiro atoms. The first-order valence-corrected chi connectivity index (χ1v) is 12.3. The quantitative estimate of drug-likeness (QED) is 0.372. The van der Waals surface area contributed by atoms with Crippen LogP contribution in [-0.4, -0.2) is 78.8 Å². The summed E-state index contributed by atoms with van der Waals surface area (Å²) in [6.07, 6.45) is 0.548. The van der Waals surface area contributed by atoms with E-state index < -0.39 is 5.54 Å². The predicted molar refractivity (Wildman–Crippen MR) is 139 cm³/mol. The zero-order chi connectivity index (χ0) is 26.0. The molecule has 3 heterocycles. The van der Waals surface area contributed by atoms with Crippen LogP contribution < -0.4 is 10.1 Å². The van der Waals surface area contributed by atoms with Crippen molar-refractivity contribution in [2.45, 2.75) is 25.4 Å². The van der Waals surface area contributed by atoms with E-state index in [1.807, 2.05) is 48.2 Å². The number of ether oxygens (including phenoxy) is 2. The van der Waals surface area contributed by atoms with Gasteiger partial charge in [-0.15, -0.1) is 0 Å². The van der Waals surface area contributed by atoms with Crippen molar-refractivity contribution >= 4 is 23.5 Å². The van der Waals surface area contributed by atoms with Crippen LogP contribution in [0.4, 0.5) is 0 Å². The fraction of sp³-hybridized carbons (Fsp3) is 0.357. The normalized spacial score (nSPS) is 20.6. The van der Waals surface area contributed by atoms with E-state index >= 15 is 0 Å². The molecule has 9 nitrogen and oxygen atoms in total. The van der Waals surface area contributed by atoms with E-state index in [0.29, 0.717) is 67.8 Å². The highest BCUT2D eigenvalue weighted by Crippen LogP contribution is 2.30. The molecule has 9 heteroatoms. The van der Waals surface area contributed by atoms with Crippen LogP contribution in [0.15, 0.2) is 47.5 Å². The molecule has 0 aromatic heterocycles. The Balaban J connectivity index is 1.43. The Kier molecular flexibility index (Phi) is 6.68. The molecule has 3 aliphatic rings. The number of morpholine rings is 1. The number of amidine groups is 2. The zero-order valence-corrected chi connectivity index (χ0v) is 21.0. The second-order valence-corrected chi connectivity index (χ2v) is 9.19. The largest absolute Gasteiger partial charge is 0.497 e. The molecule has 0 saturated carbocycles. The van der Waals surface area contributed by atoms with E-state index in [1.54, 1.807) is 18.1 Å². The summed E-state index contributed by atoms with van der Waals surface area (Å²) in [7, 11) is 1.56. The van der Waals surface area contributed by atoms with Crippen LogP contribution in [0, 0.1) is 17.3 Å². The molecule has 2 N–H and O–H groups in total. The first kappa shape index (κ1) is 24.5. The summed E-state index contributed by atoms with van der Waals surface area (Å²) < 4.78 is 10.7. The molecule has 1 unspecified atom stereocenters. The molecule has 37 heavy (non-hydrogen) atoms. The van der Waals surface area contributed by atoms with Crippen LogP contribution in [0.5, 0.6) is 5.75 Å². The van der Waals surface area contributed by atoms with E-state index in [4.69, 9.17) is 14.9 Å². The van der Waals surface area contributed by atoms with Gasteiger partial charge in [-0.05, 0) is 29.8 Å². The van der Waals surface area contributed by atoms with Gasteiger partial charge in [0.2, 0.25) is 5.54 Å². The molecule has 2 aromatic carbocycles. The third-order valence-corrected chi connectivity index (χ3v) is 6.79. The van der Waals surface area contributed by atoms with E-state index in [2.05, 4.69) is 22.2 Å². The van der Waals surface area contributed by atoms with E-state index in [0.717, 1.165) is 11.1 Å². The van der Waals surface area contributed by atoms with Crippen molar-refractivity contribution in [1.82, 2.24) is 15.1 Å². The number of hydrogen-bond acceptors (Lipinski definition) is 6. The third-order valence-electron chi connectivity index (χ3n) is 6.79. The maximum Gasteiger partial charge on any atom is 0.267 e. The van der Waals surface area contributed by atoms with Gasteiger partial charge in [0.05, 0.1) is 26.9 Å². The maximum atomic E-state index is 13.2. The van der Waals surface area contributed by atoms with Crippen LogP contribution in [-0.2, 0) is 16.1 Å². The molecule has 1 saturated heterocycles. The lowest BCUT2D eigenvalue weighted by Gasteiger charge is -2.29. The van der Waals surface area contributed by atoms with Crippen molar-refractivity contribution in [2.75, 3.05) is 40.0 Å². The molecule has 0 aliphatic carbocycles. The number of carbonyl (C=O) groups is 2. The number of hydrogen-bond donors (Lipinski definition) is 2. The Morgan fingerprint density at radius 2 is 2.03 bits per heavy atom. The lowest BCUT2D eigenvalue weighted by atomic mass is 9.99. The molecule has 2 aromatic rings. The maximum absolute atomic E-state index is 13.2. The van der Waals surface area contributed by atoms with Crippen LogP contribution in [0.3, 0.4) is 0 Å². The van der Waals surface area contributed by atoms with Crippen LogP contribution in [0.1, 0.15) is 40.4 Å². The van der Waals surface area contributed by atoms with Crippen molar-refractivity contribution in [3.63, 3.8) is 0 Å². The number of rotatable bonds is 5. The molecule has 190 valence electrons. The fourth-order valence-electron chi connectivity index (χ4n) is 4.70. The lowest BCUT2D eigenvalue weighted by molar-refractivity contribution is -0.122. The zero-order valence-electron chi connectivity index (χ0n) is 21.0. The van der Waals surface area contributed by atoms with Gasteiger partial charge in [0.1, 0.15) is 17.4 Å². The van der Waals surface area contributed by atoms with Crippen molar-refractivity contribution < 1.29 is 19.1 Å². The molecule has 1 fully saturated rings. The molecule has 2 amide bonds. The second-order valence-electron chi connectivity index (χ2n) is 9.19. The number of carbonyl (C=O) groups excluding carboxylic acids is 2. The van der Waals surface area contributed by atoms with Crippen molar-refractivity contribution in [2.24, 2.45) is 4.99 Å². The number of nitrogens with one attached hydrogen (secondary N) is 2. The Morgan fingerprint density at radius 1 is 1.22 bits per heavy atom. The van der Waals surface area contributed by atoms with E-state index in [1.165, 1.54) is 0 Å². The Bertz CT molecular complexity index is 1350. The molecule has 1 atom stereocenters. The third kappa shape index (κ3) is 4.80. The van der Waals surface area contributed by atoms with E-state index in [-0.39, 0.29) is 18.4 Å². The molecular formula is C28H29N5O4. The molecule has 5 rings (SSSR count). The monoisotopic (exact) mass is 499 g/mol. The van der Waals surface area contributed by atoms with Gasteiger partial charge in [0.15, 0.2) is 0 Å². The summed E-state index contributed by atoms with van der Waals surface area (Å²) in [4.78, 5) is 34.7.